The Morgan fingerprint density at radius 3 is 2.39 bits per heavy atom. The molecule has 0 radical (unpaired) electrons. The number of likely N-dealkylation sites (N-methyl/N-ethyl adjacent to an activating group) is 1. The summed E-state index contributed by atoms with van der Waals surface area (Å²) in [6, 6.07) is 6.73. The molecule has 28 heavy (non-hydrogen) atoms. The van der Waals surface area contributed by atoms with E-state index in [1.54, 1.807) is 50.1 Å². The van der Waals surface area contributed by atoms with Crippen molar-refractivity contribution < 1.29 is 23.9 Å². The van der Waals surface area contributed by atoms with Crippen LogP contribution in [0.25, 0.3) is 0 Å². The highest BCUT2D eigenvalue weighted by Gasteiger charge is 2.29. The first-order chi connectivity index (χ1) is 13.3. The number of carbonyl (C=O) groups excluding carboxylic acids is 3. The molecule has 0 saturated carbocycles. The van der Waals surface area contributed by atoms with E-state index in [4.69, 9.17) is 21.1 Å². The molecule has 1 saturated heterocycles. The van der Waals surface area contributed by atoms with Gasteiger partial charge in [0, 0.05) is 25.2 Å². The highest BCUT2D eigenvalue weighted by molar-refractivity contribution is 6.30. The summed E-state index contributed by atoms with van der Waals surface area (Å²) in [6.07, 6.45) is 0.435. The minimum Gasteiger partial charge on any atom is -0.481 e. The predicted molar refractivity (Wildman–Crippen MR) is 105 cm³/mol. The maximum atomic E-state index is 12.5. The van der Waals surface area contributed by atoms with Gasteiger partial charge in [-0.15, -0.1) is 0 Å². The molecule has 1 aliphatic heterocycles. The first-order valence-corrected chi connectivity index (χ1v) is 9.81. The third-order valence-electron chi connectivity index (χ3n) is 4.69. The smallest absolute Gasteiger partial charge is 0.309 e. The lowest BCUT2D eigenvalue weighted by Crippen LogP contribution is -2.47. The molecule has 2 amide bonds. The van der Waals surface area contributed by atoms with Crippen molar-refractivity contribution in [2.75, 3.05) is 33.3 Å². The highest BCUT2D eigenvalue weighted by Crippen LogP contribution is 2.19. The number of likely N-dealkylation sites (tertiary alicyclic amines) is 1. The monoisotopic (exact) mass is 410 g/mol. The molecule has 0 aromatic heterocycles. The van der Waals surface area contributed by atoms with Crippen molar-refractivity contribution in [1.29, 1.82) is 0 Å². The standard InChI is InChI=1S/C20H27ClN2O5/c1-4-27-20(26)15-9-11-23(12-10-15)18(24)13-22(3)19(25)14(2)28-17-7-5-16(21)6-8-17/h5-8,14-15H,4,9-13H2,1-3H3. The molecule has 1 aliphatic rings. The average Bonchev–Trinajstić information content (AvgIpc) is 2.69. The number of hydrogen-bond acceptors (Lipinski definition) is 5. The van der Waals surface area contributed by atoms with Crippen LogP contribution < -0.4 is 4.74 Å². The van der Waals surface area contributed by atoms with Crippen LogP contribution in [-0.4, -0.2) is 67.0 Å². The number of nitrogens with zero attached hydrogens (tertiary/aromatic N) is 2. The molecule has 7 nitrogen and oxygen atoms in total. The summed E-state index contributed by atoms with van der Waals surface area (Å²) in [6.45, 7) is 4.73. The van der Waals surface area contributed by atoms with Gasteiger partial charge in [0.1, 0.15) is 5.75 Å². The van der Waals surface area contributed by atoms with Gasteiger partial charge in [0.05, 0.1) is 19.1 Å². The highest BCUT2D eigenvalue weighted by atomic mass is 35.5. The molecule has 0 bridgehead atoms. The van der Waals surface area contributed by atoms with Crippen molar-refractivity contribution in [3.8, 4) is 5.75 Å². The topological polar surface area (TPSA) is 76.2 Å². The molecule has 1 aromatic carbocycles. The number of rotatable bonds is 7. The van der Waals surface area contributed by atoms with Crippen LogP contribution in [0.5, 0.6) is 5.75 Å². The van der Waals surface area contributed by atoms with E-state index in [0.717, 1.165) is 0 Å². The average molecular weight is 411 g/mol. The van der Waals surface area contributed by atoms with Gasteiger partial charge < -0.3 is 19.3 Å². The van der Waals surface area contributed by atoms with Crippen LogP contribution >= 0.6 is 11.6 Å². The molecule has 8 heteroatoms. The Labute approximate surface area is 170 Å². The van der Waals surface area contributed by atoms with Crippen LogP contribution in [-0.2, 0) is 19.1 Å². The molecule has 1 fully saturated rings. The number of esters is 1. The summed E-state index contributed by atoms with van der Waals surface area (Å²) < 4.78 is 10.7. The van der Waals surface area contributed by atoms with E-state index < -0.39 is 6.10 Å². The molecule has 1 aromatic rings. The van der Waals surface area contributed by atoms with Crippen LogP contribution in [0.15, 0.2) is 24.3 Å². The minimum absolute atomic E-state index is 0.0305. The van der Waals surface area contributed by atoms with Crippen LogP contribution in [0.3, 0.4) is 0 Å². The zero-order chi connectivity index (χ0) is 20.7. The summed E-state index contributed by atoms with van der Waals surface area (Å²) in [5, 5.41) is 0.584. The Balaban J connectivity index is 1.80. The summed E-state index contributed by atoms with van der Waals surface area (Å²) in [5.74, 6) is -0.251. The largest absolute Gasteiger partial charge is 0.481 e. The third-order valence-corrected chi connectivity index (χ3v) is 4.94. The molecule has 0 N–H and O–H groups in total. The fraction of sp³-hybridized carbons (Fsp3) is 0.550. The molecular weight excluding hydrogens is 384 g/mol. The molecule has 0 aliphatic carbocycles. The van der Waals surface area contributed by atoms with Crippen molar-refractivity contribution in [1.82, 2.24) is 9.80 Å². The number of ether oxygens (including phenoxy) is 2. The van der Waals surface area contributed by atoms with Crippen LogP contribution in [0.4, 0.5) is 0 Å². The quantitative estimate of drug-likeness (QED) is 0.645. The molecule has 154 valence electrons. The van der Waals surface area contributed by atoms with Crippen LogP contribution in [0.2, 0.25) is 5.02 Å². The second kappa shape index (κ2) is 10.3. The Morgan fingerprint density at radius 2 is 1.82 bits per heavy atom. The van der Waals surface area contributed by atoms with Crippen molar-refractivity contribution in [3.05, 3.63) is 29.3 Å². The van der Waals surface area contributed by atoms with Gasteiger partial charge in [0.25, 0.3) is 5.91 Å². The minimum atomic E-state index is -0.728. The molecular formula is C20H27ClN2O5. The molecule has 1 atom stereocenters. The van der Waals surface area contributed by atoms with Gasteiger partial charge >= 0.3 is 5.97 Å². The molecule has 0 spiro atoms. The lowest BCUT2D eigenvalue weighted by atomic mass is 9.97. The van der Waals surface area contributed by atoms with Gasteiger partial charge in [-0.25, -0.2) is 0 Å². The fourth-order valence-corrected chi connectivity index (χ4v) is 3.21. The van der Waals surface area contributed by atoms with Gasteiger partial charge in [-0.3, -0.25) is 14.4 Å². The Morgan fingerprint density at radius 1 is 1.21 bits per heavy atom. The lowest BCUT2D eigenvalue weighted by molar-refractivity contribution is -0.151. The first kappa shape index (κ1) is 22.0. The number of amides is 2. The summed E-state index contributed by atoms with van der Waals surface area (Å²) in [4.78, 5) is 39.8. The van der Waals surface area contributed by atoms with Crippen LogP contribution in [0.1, 0.15) is 26.7 Å². The second-order valence-electron chi connectivity index (χ2n) is 6.82. The maximum absolute atomic E-state index is 12.5. The van der Waals surface area contributed by atoms with E-state index >= 15 is 0 Å². The van der Waals surface area contributed by atoms with E-state index in [2.05, 4.69) is 0 Å². The zero-order valence-corrected chi connectivity index (χ0v) is 17.3. The third kappa shape index (κ3) is 6.12. The van der Waals surface area contributed by atoms with E-state index in [1.165, 1.54) is 4.90 Å². The molecule has 1 unspecified atom stereocenters. The van der Waals surface area contributed by atoms with Crippen molar-refractivity contribution in [2.45, 2.75) is 32.8 Å². The first-order valence-electron chi connectivity index (χ1n) is 9.43. The second-order valence-corrected chi connectivity index (χ2v) is 7.25. The van der Waals surface area contributed by atoms with Crippen molar-refractivity contribution in [3.63, 3.8) is 0 Å². The molecule has 2 rings (SSSR count). The lowest BCUT2D eigenvalue weighted by Gasteiger charge is -2.32. The van der Waals surface area contributed by atoms with Crippen LogP contribution in [0, 0.1) is 5.92 Å². The number of carbonyl (C=O) groups is 3. The van der Waals surface area contributed by atoms with Gasteiger partial charge in [-0.05, 0) is 51.0 Å². The van der Waals surface area contributed by atoms with E-state index in [0.29, 0.717) is 43.3 Å². The fourth-order valence-electron chi connectivity index (χ4n) is 3.08. The van der Waals surface area contributed by atoms with Crippen molar-refractivity contribution in [2.24, 2.45) is 5.92 Å². The summed E-state index contributed by atoms with van der Waals surface area (Å²) in [5.41, 5.74) is 0. The van der Waals surface area contributed by atoms with Gasteiger partial charge in [-0.2, -0.15) is 0 Å². The Hall–Kier alpha value is -2.28. The molecule has 1 heterocycles. The number of benzene rings is 1. The van der Waals surface area contributed by atoms with Gasteiger partial charge in [0.15, 0.2) is 6.10 Å². The van der Waals surface area contributed by atoms with E-state index in [9.17, 15) is 14.4 Å². The van der Waals surface area contributed by atoms with E-state index in [-0.39, 0.29) is 30.2 Å². The van der Waals surface area contributed by atoms with Crippen molar-refractivity contribution >= 4 is 29.4 Å². The number of hydrogen-bond donors (Lipinski definition) is 0. The van der Waals surface area contributed by atoms with Gasteiger partial charge in [-0.1, -0.05) is 11.6 Å². The summed E-state index contributed by atoms with van der Waals surface area (Å²) in [7, 11) is 1.58. The Kier molecular flexibility index (Phi) is 8.11. The normalized spacial score (nSPS) is 15.6. The summed E-state index contributed by atoms with van der Waals surface area (Å²) >= 11 is 5.84. The predicted octanol–water partition coefficient (Wildman–Crippen LogP) is 2.37. The number of halogens is 1. The van der Waals surface area contributed by atoms with Gasteiger partial charge in [0.2, 0.25) is 5.91 Å². The van der Waals surface area contributed by atoms with E-state index in [1.807, 2.05) is 0 Å². The maximum Gasteiger partial charge on any atom is 0.309 e. The SMILES string of the molecule is CCOC(=O)C1CCN(C(=O)CN(C)C(=O)C(C)Oc2ccc(Cl)cc2)CC1. The Bertz CT molecular complexity index is 686. The number of piperidine rings is 1. The zero-order valence-electron chi connectivity index (χ0n) is 16.5.